The molecule has 0 atom stereocenters. The molecule has 0 aliphatic heterocycles. The Labute approximate surface area is 102 Å². The minimum absolute atomic E-state index is 0.102. The van der Waals surface area contributed by atoms with Crippen molar-refractivity contribution in [2.75, 3.05) is 13.6 Å². The number of halogens is 3. The van der Waals surface area contributed by atoms with Crippen LogP contribution >= 0.6 is 11.6 Å². The average molecular weight is 265 g/mol. The van der Waals surface area contributed by atoms with Gasteiger partial charge in [-0.3, -0.25) is 15.0 Å². The molecule has 0 aromatic heterocycles. The maximum atomic E-state index is 12.1. The fourth-order valence-electron chi connectivity index (χ4n) is 1.39. The molecule has 0 fully saturated rings. The third-order valence-corrected chi connectivity index (χ3v) is 2.50. The van der Waals surface area contributed by atoms with Gasteiger partial charge in [-0.05, 0) is 18.7 Å². The second kappa shape index (κ2) is 5.88. The highest BCUT2D eigenvalue weighted by Crippen LogP contribution is 2.23. The minimum Gasteiger partial charge on any atom is -0.296 e. The predicted octanol–water partition coefficient (Wildman–Crippen LogP) is 2.95. The Morgan fingerprint density at radius 1 is 1.53 bits per heavy atom. The molecule has 0 saturated carbocycles. The Hall–Kier alpha value is -1.27. The highest BCUT2D eigenvalue weighted by Gasteiger charge is 2.13. The van der Waals surface area contributed by atoms with Crippen molar-refractivity contribution in [3.05, 3.63) is 38.9 Å². The lowest BCUT2D eigenvalue weighted by molar-refractivity contribution is -0.384. The third kappa shape index (κ3) is 4.24. The van der Waals surface area contributed by atoms with E-state index in [0.29, 0.717) is 10.6 Å². The van der Waals surface area contributed by atoms with Crippen LogP contribution in [0.1, 0.15) is 5.56 Å². The van der Waals surface area contributed by atoms with E-state index >= 15 is 0 Å². The zero-order chi connectivity index (χ0) is 13.0. The zero-order valence-corrected chi connectivity index (χ0v) is 9.82. The summed E-state index contributed by atoms with van der Waals surface area (Å²) in [6, 6.07) is 3.97. The van der Waals surface area contributed by atoms with Gasteiger partial charge in [-0.1, -0.05) is 11.6 Å². The van der Waals surface area contributed by atoms with Crippen LogP contribution in [-0.4, -0.2) is 29.8 Å². The van der Waals surface area contributed by atoms with Crippen molar-refractivity contribution in [2.24, 2.45) is 0 Å². The van der Waals surface area contributed by atoms with Crippen LogP contribution in [0.5, 0.6) is 0 Å². The first-order valence-electron chi connectivity index (χ1n) is 4.79. The molecule has 7 heteroatoms. The molecule has 0 bridgehead atoms. The first-order valence-corrected chi connectivity index (χ1v) is 5.17. The van der Waals surface area contributed by atoms with Crippen molar-refractivity contribution in [3.63, 3.8) is 0 Å². The standard InChI is InChI=1S/C10H11ClF2N2O2/c1-14(6-10(12)13)5-7-4-8(15(16)17)2-3-9(7)11/h2-4,10H,5-6H2,1H3. The summed E-state index contributed by atoms with van der Waals surface area (Å²) in [6.07, 6.45) is -2.45. The van der Waals surface area contributed by atoms with E-state index in [1.54, 1.807) is 0 Å². The smallest absolute Gasteiger partial charge is 0.269 e. The van der Waals surface area contributed by atoms with Gasteiger partial charge >= 0.3 is 0 Å². The fraction of sp³-hybridized carbons (Fsp3) is 0.400. The van der Waals surface area contributed by atoms with Gasteiger partial charge in [0.2, 0.25) is 0 Å². The molecule has 0 radical (unpaired) electrons. The Bertz CT molecular complexity index is 415. The van der Waals surface area contributed by atoms with Crippen LogP contribution in [0, 0.1) is 10.1 Å². The lowest BCUT2D eigenvalue weighted by Crippen LogP contribution is -2.24. The molecule has 1 aromatic carbocycles. The number of nitro benzene ring substituents is 1. The maximum absolute atomic E-state index is 12.1. The van der Waals surface area contributed by atoms with Crippen molar-refractivity contribution >= 4 is 17.3 Å². The number of hydrogen-bond donors (Lipinski definition) is 0. The van der Waals surface area contributed by atoms with Crippen LogP contribution in [0.15, 0.2) is 18.2 Å². The molecule has 0 aliphatic rings. The summed E-state index contributed by atoms with van der Waals surface area (Å²) in [5.74, 6) is 0. The number of non-ortho nitro benzene ring substituents is 1. The summed E-state index contributed by atoms with van der Waals surface area (Å²) >= 11 is 5.84. The van der Waals surface area contributed by atoms with E-state index < -0.39 is 17.9 Å². The number of benzene rings is 1. The van der Waals surface area contributed by atoms with Crippen molar-refractivity contribution in [3.8, 4) is 0 Å². The van der Waals surface area contributed by atoms with E-state index in [4.69, 9.17) is 11.6 Å². The first-order chi connectivity index (χ1) is 7.90. The molecule has 0 saturated heterocycles. The monoisotopic (exact) mass is 264 g/mol. The summed E-state index contributed by atoms with van der Waals surface area (Å²) in [7, 11) is 1.50. The SMILES string of the molecule is CN(Cc1cc([N+](=O)[O-])ccc1Cl)CC(F)F. The molecule has 17 heavy (non-hydrogen) atoms. The Morgan fingerprint density at radius 2 is 2.18 bits per heavy atom. The molecule has 0 N–H and O–H groups in total. The molecule has 94 valence electrons. The van der Waals surface area contributed by atoms with Crippen molar-refractivity contribution in [1.29, 1.82) is 0 Å². The molecule has 0 unspecified atom stereocenters. The minimum atomic E-state index is -2.45. The number of nitro groups is 1. The van der Waals surface area contributed by atoms with E-state index in [-0.39, 0.29) is 12.2 Å². The molecule has 1 aromatic rings. The first kappa shape index (κ1) is 13.8. The molecule has 0 aliphatic carbocycles. The van der Waals surface area contributed by atoms with Crippen LogP contribution in [0.2, 0.25) is 5.02 Å². The Morgan fingerprint density at radius 3 is 2.71 bits per heavy atom. The molecular formula is C10H11ClF2N2O2. The van der Waals surface area contributed by atoms with E-state index in [9.17, 15) is 18.9 Å². The average Bonchev–Trinajstić information content (AvgIpc) is 2.19. The van der Waals surface area contributed by atoms with Gasteiger partial charge < -0.3 is 0 Å². The largest absolute Gasteiger partial charge is 0.296 e. The third-order valence-electron chi connectivity index (χ3n) is 2.13. The molecular weight excluding hydrogens is 254 g/mol. The number of rotatable bonds is 5. The Balaban J connectivity index is 2.82. The summed E-state index contributed by atoms with van der Waals surface area (Å²) in [4.78, 5) is 11.4. The number of nitrogens with zero attached hydrogens (tertiary/aromatic N) is 2. The van der Waals surface area contributed by atoms with E-state index in [1.807, 2.05) is 0 Å². The van der Waals surface area contributed by atoms with Crippen molar-refractivity contribution in [2.45, 2.75) is 13.0 Å². The summed E-state index contributed by atoms with van der Waals surface area (Å²) in [6.45, 7) is -0.260. The fourth-order valence-corrected chi connectivity index (χ4v) is 1.56. The zero-order valence-electron chi connectivity index (χ0n) is 9.07. The van der Waals surface area contributed by atoms with E-state index in [0.717, 1.165) is 0 Å². The second-order valence-electron chi connectivity index (χ2n) is 3.62. The van der Waals surface area contributed by atoms with Crippen molar-refractivity contribution in [1.82, 2.24) is 4.90 Å². The van der Waals surface area contributed by atoms with Gasteiger partial charge in [0.25, 0.3) is 12.1 Å². The summed E-state index contributed by atoms with van der Waals surface area (Å²) < 4.78 is 24.2. The maximum Gasteiger partial charge on any atom is 0.269 e. The lowest BCUT2D eigenvalue weighted by atomic mass is 10.2. The topological polar surface area (TPSA) is 46.4 Å². The van der Waals surface area contributed by atoms with Crippen LogP contribution in [-0.2, 0) is 6.54 Å². The summed E-state index contributed by atoms with van der Waals surface area (Å²) in [5.41, 5.74) is 0.360. The van der Waals surface area contributed by atoms with Crippen LogP contribution < -0.4 is 0 Å². The highest BCUT2D eigenvalue weighted by molar-refractivity contribution is 6.31. The van der Waals surface area contributed by atoms with Crippen LogP contribution in [0.25, 0.3) is 0 Å². The molecule has 1 rings (SSSR count). The summed E-state index contributed by atoms with van der Waals surface area (Å²) in [5, 5.41) is 10.9. The van der Waals surface area contributed by atoms with Gasteiger partial charge in [0.05, 0.1) is 11.5 Å². The van der Waals surface area contributed by atoms with Gasteiger partial charge in [-0.2, -0.15) is 0 Å². The second-order valence-corrected chi connectivity index (χ2v) is 4.03. The van der Waals surface area contributed by atoms with Gasteiger partial charge in [0, 0.05) is 23.7 Å². The quantitative estimate of drug-likeness (QED) is 0.607. The normalized spacial score (nSPS) is 11.2. The molecule has 0 heterocycles. The molecule has 4 nitrogen and oxygen atoms in total. The van der Waals surface area contributed by atoms with Gasteiger partial charge in [0.15, 0.2) is 0 Å². The predicted molar refractivity (Wildman–Crippen MR) is 60.4 cm³/mol. The highest BCUT2D eigenvalue weighted by atomic mass is 35.5. The Kier molecular flexibility index (Phi) is 4.77. The number of hydrogen-bond acceptors (Lipinski definition) is 3. The van der Waals surface area contributed by atoms with Crippen LogP contribution in [0.4, 0.5) is 14.5 Å². The number of alkyl halides is 2. The van der Waals surface area contributed by atoms with E-state index in [2.05, 4.69) is 0 Å². The van der Waals surface area contributed by atoms with Gasteiger partial charge in [0.1, 0.15) is 0 Å². The van der Waals surface area contributed by atoms with Crippen LogP contribution in [0.3, 0.4) is 0 Å². The lowest BCUT2D eigenvalue weighted by Gasteiger charge is -2.16. The van der Waals surface area contributed by atoms with Gasteiger partial charge in [-0.25, -0.2) is 8.78 Å². The van der Waals surface area contributed by atoms with Gasteiger partial charge in [-0.15, -0.1) is 0 Å². The van der Waals surface area contributed by atoms with Crippen molar-refractivity contribution < 1.29 is 13.7 Å². The molecule has 0 spiro atoms. The van der Waals surface area contributed by atoms with E-state index in [1.165, 1.54) is 30.1 Å². The molecule has 0 amide bonds.